The van der Waals surface area contributed by atoms with Gasteiger partial charge in [-0.1, -0.05) is 0 Å². The number of aliphatic hydroxyl groups is 1. The number of hydrogen-bond donors (Lipinski definition) is 5. The van der Waals surface area contributed by atoms with E-state index in [0.717, 1.165) is 6.33 Å². The maximum absolute atomic E-state index is 15.9. The summed E-state index contributed by atoms with van der Waals surface area (Å²) in [4.78, 5) is 45.8. The predicted molar refractivity (Wildman–Crippen MR) is 146 cm³/mol. The Balaban J connectivity index is 1.20. The van der Waals surface area contributed by atoms with Crippen LogP contribution in [0.1, 0.15) is 12.5 Å². The molecular formula is C20H23FN10O10P2S. The topological polar surface area (TPSA) is 272 Å². The van der Waals surface area contributed by atoms with Gasteiger partial charge in [0, 0.05) is 0 Å². The third-order valence-corrected chi connectivity index (χ3v) is 9.76. The molecule has 2 bridgehead atoms. The van der Waals surface area contributed by atoms with Crippen LogP contribution in [-0.4, -0.2) is 104 Å². The van der Waals surface area contributed by atoms with Crippen molar-refractivity contribution in [3.8, 4) is 0 Å². The lowest BCUT2D eigenvalue weighted by molar-refractivity contribution is -0.0635. The summed E-state index contributed by atoms with van der Waals surface area (Å²) in [6, 6.07) is 0. The zero-order valence-corrected chi connectivity index (χ0v) is 24.6. The molecule has 0 saturated carbocycles. The Morgan fingerprint density at radius 2 is 1.41 bits per heavy atom. The molecular weight excluding hydrogens is 653 g/mol. The number of alkyl halides is 1. The molecule has 236 valence electrons. The van der Waals surface area contributed by atoms with E-state index in [1.807, 2.05) is 0 Å². The highest BCUT2D eigenvalue weighted by atomic mass is 32.5. The summed E-state index contributed by atoms with van der Waals surface area (Å²) < 4.78 is 64.7. The summed E-state index contributed by atoms with van der Waals surface area (Å²) in [5.41, 5.74) is 12.4. The van der Waals surface area contributed by atoms with Gasteiger partial charge in [-0.2, -0.15) is 0 Å². The Hall–Kier alpha value is -2.85. The molecule has 0 spiro atoms. The SMILES string of the molecule is Nc1ncnc2c1ncn2[C@@H]1O[C@@H]2COP(=O)(O)OC3[C@@H](COP(O)(=S)OC1[C@H]2O)O[C@@H](n1cnc2c(N)ncnc21)[C@H]3F. The van der Waals surface area contributed by atoms with E-state index in [1.165, 1.54) is 28.1 Å². The van der Waals surface area contributed by atoms with Crippen LogP contribution < -0.4 is 11.5 Å². The fourth-order valence-corrected chi connectivity index (χ4v) is 7.56. The lowest BCUT2D eigenvalue weighted by Crippen LogP contribution is -2.35. The maximum atomic E-state index is 15.9. The highest BCUT2D eigenvalue weighted by Crippen LogP contribution is 2.54. The van der Waals surface area contributed by atoms with Gasteiger partial charge in [-0.3, -0.25) is 22.7 Å². The molecule has 7 heterocycles. The molecule has 44 heavy (non-hydrogen) atoms. The maximum Gasteiger partial charge on any atom is 0.472 e. The zero-order chi connectivity index (χ0) is 31.0. The first-order valence-corrected chi connectivity index (χ1v) is 16.8. The van der Waals surface area contributed by atoms with Gasteiger partial charge >= 0.3 is 14.5 Å². The van der Waals surface area contributed by atoms with Gasteiger partial charge in [0.05, 0.1) is 25.9 Å². The monoisotopic (exact) mass is 676 g/mol. The molecule has 3 aliphatic heterocycles. The molecule has 0 amide bonds. The molecule has 3 aliphatic rings. The molecule has 4 aromatic heterocycles. The van der Waals surface area contributed by atoms with Gasteiger partial charge in [-0.25, -0.2) is 38.9 Å². The Bertz CT molecular complexity index is 1830. The predicted octanol–water partition coefficient (Wildman–Crippen LogP) is -0.541. The summed E-state index contributed by atoms with van der Waals surface area (Å²) in [7, 11) is -5.05. The Morgan fingerprint density at radius 1 is 0.841 bits per heavy atom. The summed E-state index contributed by atoms with van der Waals surface area (Å²) in [5, 5.41) is 11.1. The molecule has 0 aliphatic carbocycles. The van der Waals surface area contributed by atoms with Gasteiger partial charge in [0.1, 0.15) is 54.2 Å². The van der Waals surface area contributed by atoms with E-state index in [9.17, 15) is 19.5 Å². The van der Waals surface area contributed by atoms with Crippen LogP contribution in [0.5, 0.6) is 0 Å². The van der Waals surface area contributed by atoms with Crippen molar-refractivity contribution in [2.75, 3.05) is 24.7 Å². The van der Waals surface area contributed by atoms with Crippen LogP contribution >= 0.6 is 14.5 Å². The van der Waals surface area contributed by atoms with E-state index < -0.39 is 76.9 Å². The van der Waals surface area contributed by atoms with Crippen LogP contribution in [0.2, 0.25) is 0 Å². The van der Waals surface area contributed by atoms with Crippen LogP contribution in [0, 0.1) is 0 Å². The van der Waals surface area contributed by atoms with E-state index in [2.05, 4.69) is 29.9 Å². The summed E-state index contributed by atoms with van der Waals surface area (Å²) >= 11 is 5.21. The summed E-state index contributed by atoms with van der Waals surface area (Å²) in [6.45, 7) is -5.66. The smallest absolute Gasteiger partial charge is 0.387 e. The second-order valence-electron chi connectivity index (χ2n) is 9.90. The van der Waals surface area contributed by atoms with E-state index >= 15 is 4.39 Å². The summed E-state index contributed by atoms with van der Waals surface area (Å²) in [6.07, 6.45) is -7.61. The van der Waals surface area contributed by atoms with Crippen LogP contribution in [0.4, 0.5) is 16.0 Å². The number of phosphoric acid groups is 1. The van der Waals surface area contributed by atoms with E-state index in [1.54, 1.807) is 0 Å². The first kappa shape index (κ1) is 29.8. The number of imidazole rings is 2. The quantitative estimate of drug-likeness (QED) is 0.167. The highest BCUT2D eigenvalue weighted by Gasteiger charge is 2.54. The number of nitrogens with zero attached hydrogens (tertiary/aromatic N) is 8. The van der Waals surface area contributed by atoms with Crippen LogP contribution in [0.25, 0.3) is 22.3 Å². The first-order valence-electron chi connectivity index (χ1n) is 12.7. The molecule has 3 fully saturated rings. The van der Waals surface area contributed by atoms with Crippen molar-refractivity contribution in [1.29, 1.82) is 0 Å². The number of hydrogen-bond acceptors (Lipinski definition) is 17. The Kier molecular flexibility index (Phi) is 7.39. The number of anilines is 2. The van der Waals surface area contributed by atoms with Crippen molar-refractivity contribution in [3.63, 3.8) is 0 Å². The average Bonchev–Trinajstić information content (AvgIpc) is 3.73. The van der Waals surface area contributed by atoms with Gasteiger partial charge < -0.3 is 40.4 Å². The number of aliphatic hydroxyl groups excluding tert-OH is 1. The number of nitrogen functional groups attached to an aromatic ring is 2. The Morgan fingerprint density at radius 3 is 2.05 bits per heavy atom. The minimum atomic E-state index is -5.05. The van der Waals surface area contributed by atoms with Crippen LogP contribution in [0.15, 0.2) is 25.3 Å². The van der Waals surface area contributed by atoms with Crippen molar-refractivity contribution >= 4 is 60.3 Å². The van der Waals surface area contributed by atoms with E-state index in [0.29, 0.717) is 0 Å². The molecule has 20 nitrogen and oxygen atoms in total. The molecule has 7 N–H and O–H groups in total. The fraction of sp³-hybridized carbons (Fsp3) is 0.500. The number of fused-ring (bicyclic) bond motifs is 5. The number of halogens is 1. The van der Waals surface area contributed by atoms with Crippen molar-refractivity contribution in [1.82, 2.24) is 39.0 Å². The number of nitrogens with two attached hydrogens (primary N) is 2. The molecule has 0 radical (unpaired) electrons. The highest BCUT2D eigenvalue weighted by molar-refractivity contribution is 8.07. The minimum absolute atomic E-state index is 0.0348. The third-order valence-electron chi connectivity index (χ3n) is 7.22. The van der Waals surface area contributed by atoms with Gasteiger partial charge in [0.25, 0.3) is 0 Å². The second kappa shape index (κ2) is 10.9. The molecule has 0 aromatic carbocycles. The fourth-order valence-electron chi connectivity index (χ4n) is 5.19. The first-order chi connectivity index (χ1) is 20.9. The van der Waals surface area contributed by atoms with Crippen molar-refractivity contribution in [2.24, 2.45) is 0 Å². The van der Waals surface area contributed by atoms with Crippen molar-refractivity contribution < 1.29 is 51.4 Å². The molecule has 4 aromatic rings. The average molecular weight is 676 g/mol. The van der Waals surface area contributed by atoms with Gasteiger partial charge in [0.15, 0.2) is 41.6 Å². The van der Waals surface area contributed by atoms with Gasteiger partial charge in [-0.15, -0.1) is 0 Å². The van der Waals surface area contributed by atoms with E-state index in [-0.39, 0.29) is 34.0 Å². The number of phosphoric ester groups is 1. The second-order valence-corrected chi connectivity index (χ2v) is 14.1. The molecule has 4 unspecified atom stereocenters. The lowest BCUT2D eigenvalue weighted by Gasteiger charge is -2.27. The normalized spacial score (nSPS) is 38.3. The summed E-state index contributed by atoms with van der Waals surface area (Å²) in [5.74, 6) is 0.101. The van der Waals surface area contributed by atoms with Crippen molar-refractivity contribution in [2.45, 2.75) is 49.1 Å². The largest absolute Gasteiger partial charge is 0.472 e. The third kappa shape index (κ3) is 5.15. The number of ether oxygens (including phenoxy) is 2. The minimum Gasteiger partial charge on any atom is -0.387 e. The van der Waals surface area contributed by atoms with E-state index in [4.69, 9.17) is 50.8 Å². The van der Waals surface area contributed by atoms with Crippen LogP contribution in [0.3, 0.4) is 0 Å². The standard InChI is InChI=1S/C20H23FN10O10P2S/c21-9-13-8(39-19(9)30-5-28-10-15(22)24-3-26-17(10)30)2-37-43(35,44)41-14-12(32)7(1-36-42(33,34)40-13)38-20(14)31-6-29-11-16(23)25-4-27-18(11)31/h3-9,12-14,19-20,32H,1-2H2,(H,33,34)(H,35,44)(H2,22,24,26)(H2,23,25,27)/t7-,8-,9+,12+,13?,14?,19-,20-,43?/m1/s1. The molecule has 3 saturated heterocycles. The Labute approximate surface area is 249 Å². The zero-order valence-electron chi connectivity index (χ0n) is 22.0. The number of aromatic nitrogens is 8. The van der Waals surface area contributed by atoms with Crippen LogP contribution in [-0.2, 0) is 43.9 Å². The van der Waals surface area contributed by atoms with Gasteiger partial charge in [0.2, 0.25) is 0 Å². The molecule has 24 heteroatoms. The molecule has 10 atom stereocenters. The van der Waals surface area contributed by atoms with Gasteiger partial charge in [-0.05, 0) is 11.8 Å². The molecule has 7 rings (SSSR count). The lowest BCUT2D eigenvalue weighted by atomic mass is 10.1. The number of rotatable bonds is 2. The van der Waals surface area contributed by atoms with Crippen molar-refractivity contribution in [3.05, 3.63) is 25.3 Å².